The molecule has 0 aromatic carbocycles. The minimum absolute atomic E-state index is 0.299. The zero-order chi connectivity index (χ0) is 13.1. The summed E-state index contributed by atoms with van der Waals surface area (Å²) in [4.78, 5) is 13.0. The fraction of sp³-hybridized carbons (Fsp3) is 0.583. The topological polar surface area (TPSA) is 81.6 Å². The van der Waals surface area contributed by atoms with Crippen molar-refractivity contribution in [2.24, 2.45) is 0 Å². The Kier molecular flexibility index (Phi) is 3.64. The van der Waals surface area contributed by atoms with Gasteiger partial charge < -0.3 is 15.6 Å². The number of nitrogens with one attached hydrogen (secondary N) is 1. The maximum absolute atomic E-state index is 5.91. The van der Waals surface area contributed by atoms with E-state index in [-0.39, 0.29) is 0 Å². The van der Waals surface area contributed by atoms with Gasteiger partial charge in [0.25, 0.3) is 0 Å². The van der Waals surface area contributed by atoms with E-state index in [4.69, 9.17) is 5.73 Å². The van der Waals surface area contributed by atoms with Gasteiger partial charge >= 0.3 is 0 Å². The molecule has 6 heteroatoms. The third-order valence-corrected chi connectivity index (χ3v) is 2.82. The summed E-state index contributed by atoms with van der Waals surface area (Å²) in [5, 5.41) is 3.19. The Morgan fingerprint density at radius 3 is 2.83 bits per heavy atom. The third kappa shape index (κ3) is 2.37. The lowest BCUT2D eigenvalue weighted by atomic mass is 10.3. The van der Waals surface area contributed by atoms with E-state index in [1.54, 1.807) is 6.33 Å². The second-order valence-corrected chi connectivity index (χ2v) is 4.63. The molecule has 2 aromatic rings. The van der Waals surface area contributed by atoms with Gasteiger partial charge in [-0.1, -0.05) is 13.3 Å². The normalized spacial score (nSPS) is 11.3. The first-order chi connectivity index (χ1) is 8.63. The Balaban J connectivity index is 2.36. The molecule has 0 unspecified atom stereocenters. The summed E-state index contributed by atoms with van der Waals surface area (Å²) >= 11 is 0. The van der Waals surface area contributed by atoms with Gasteiger partial charge in [0.15, 0.2) is 11.5 Å². The van der Waals surface area contributed by atoms with E-state index in [2.05, 4.69) is 41.0 Å². The fourth-order valence-corrected chi connectivity index (χ4v) is 1.77. The van der Waals surface area contributed by atoms with Crippen LogP contribution in [0.3, 0.4) is 0 Å². The molecule has 0 amide bonds. The van der Waals surface area contributed by atoms with Crippen molar-refractivity contribution in [1.29, 1.82) is 0 Å². The largest absolute Gasteiger partial charge is 0.382 e. The summed E-state index contributed by atoms with van der Waals surface area (Å²) in [6.07, 6.45) is 3.98. The standard InChI is InChI=1S/C12H20N6/c1-4-5-6-14-12-16-10(13)9-11(17-12)18(7-15-9)8(2)3/h7-8H,4-6H2,1-3H3,(H3,13,14,16,17). The molecule has 0 atom stereocenters. The van der Waals surface area contributed by atoms with Crippen molar-refractivity contribution in [3.63, 3.8) is 0 Å². The smallest absolute Gasteiger partial charge is 0.226 e. The van der Waals surface area contributed by atoms with Crippen molar-refractivity contribution < 1.29 is 0 Å². The van der Waals surface area contributed by atoms with Gasteiger partial charge in [-0.2, -0.15) is 9.97 Å². The molecule has 0 saturated carbocycles. The zero-order valence-electron chi connectivity index (χ0n) is 11.1. The first-order valence-electron chi connectivity index (χ1n) is 6.37. The van der Waals surface area contributed by atoms with Crippen molar-refractivity contribution in [2.75, 3.05) is 17.6 Å². The van der Waals surface area contributed by atoms with Crippen molar-refractivity contribution in [3.8, 4) is 0 Å². The second kappa shape index (κ2) is 5.20. The predicted molar refractivity (Wildman–Crippen MR) is 73.5 cm³/mol. The van der Waals surface area contributed by atoms with Gasteiger partial charge in [-0.25, -0.2) is 4.98 Å². The highest BCUT2D eigenvalue weighted by atomic mass is 15.2. The molecule has 0 bridgehead atoms. The van der Waals surface area contributed by atoms with Crippen molar-refractivity contribution in [3.05, 3.63) is 6.33 Å². The number of anilines is 2. The molecule has 18 heavy (non-hydrogen) atoms. The summed E-state index contributed by atoms with van der Waals surface area (Å²) in [7, 11) is 0. The monoisotopic (exact) mass is 248 g/mol. The predicted octanol–water partition coefficient (Wildman–Crippen LogP) is 2.20. The van der Waals surface area contributed by atoms with Gasteiger partial charge in [-0.15, -0.1) is 0 Å². The molecule has 0 saturated heterocycles. The van der Waals surface area contributed by atoms with E-state index in [1.165, 1.54) is 0 Å². The Labute approximate surface area is 107 Å². The molecule has 0 aliphatic rings. The van der Waals surface area contributed by atoms with Gasteiger partial charge in [0.05, 0.1) is 6.33 Å². The van der Waals surface area contributed by atoms with Crippen LogP contribution < -0.4 is 11.1 Å². The molecule has 98 valence electrons. The van der Waals surface area contributed by atoms with E-state index in [1.807, 2.05) is 4.57 Å². The maximum atomic E-state index is 5.91. The molecule has 0 aliphatic heterocycles. The SMILES string of the molecule is CCCCNc1nc(N)c2ncn(C(C)C)c2n1. The lowest BCUT2D eigenvalue weighted by molar-refractivity contribution is 0.613. The van der Waals surface area contributed by atoms with Crippen LogP contribution in [-0.2, 0) is 0 Å². The van der Waals surface area contributed by atoms with Gasteiger partial charge in [0, 0.05) is 12.6 Å². The lowest BCUT2D eigenvalue weighted by Gasteiger charge is -2.09. The number of hydrogen-bond donors (Lipinski definition) is 2. The Morgan fingerprint density at radius 2 is 2.17 bits per heavy atom. The van der Waals surface area contributed by atoms with Crippen molar-refractivity contribution >= 4 is 22.9 Å². The van der Waals surface area contributed by atoms with Gasteiger partial charge in [0.2, 0.25) is 5.95 Å². The van der Waals surface area contributed by atoms with E-state index in [0.29, 0.717) is 23.3 Å². The number of fused-ring (bicyclic) bond motifs is 1. The quantitative estimate of drug-likeness (QED) is 0.793. The fourth-order valence-electron chi connectivity index (χ4n) is 1.77. The number of nitrogen functional groups attached to an aromatic ring is 1. The van der Waals surface area contributed by atoms with Crippen LogP contribution >= 0.6 is 0 Å². The molecule has 3 N–H and O–H groups in total. The average molecular weight is 248 g/mol. The lowest BCUT2D eigenvalue weighted by Crippen LogP contribution is -2.08. The van der Waals surface area contributed by atoms with Crippen LogP contribution in [0.4, 0.5) is 11.8 Å². The number of aromatic nitrogens is 4. The molecule has 2 heterocycles. The van der Waals surface area contributed by atoms with Crippen LogP contribution in [0.25, 0.3) is 11.2 Å². The summed E-state index contributed by atoms with van der Waals surface area (Å²) in [6.45, 7) is 7.18. The number of imidazole rings is 1. The van der Waals surface area contributed by atoms with Gasteiger partial charge in [0.1, 0.15) is 5.52 Å². The average Bonchev–Trinajstić information content (AvgIpc) is 2.73. The number of nitrogens with two attached hydrogens (primary N) is 1. The van der Waals surface area contributed by atoms with Gasteiger partial charge in [-0.05, 0) is 20.3 Å². The Hall–Kier alpha value is -1.85. The van der Waals surface area contributed by atoms with E-state index < -0.39 is 0 Å². The maximum Gasteiger partial charge on any atom is 0.226 e. The molecule has 6 nitrogen and oxygen atoms in total. The minimum Gasteiger partial charge on any atom is -0.382 e. The minimum atomic E-state index is 0.299. The molecule has 0 radical (unpaired) electrons. The summed E-state index contributed by atoms with van der Waals surface area (Å²) in [5.41, 5.74) is 7.37. The van der Waals surface area contributed by atoms with E-state index >= 15 is 0 Å². The molecule has 0 aliphatic carbocycles. The first-order valence-corrected chi connectivity index (χ1v) is 6.37. The van der Waals surface area contributed by atoms with Crippen LogP contribution in [-0.4, -0.2) is 26.1 Å². The van der Waals surface area contributed by atoms with Crippen LogP contribution in [0.5, 0.6) is 0 Å². The molecule has 0 spiro atoms. The van der Waals surface area contributed by atoms with Crippen molar-refractivity contribution in [1.82, 2.24) is 19.5 Å². The molecule has 2 rings (SSSR count). The third-order valence-electron chi connectivity index (χ3n) is 2.82. The van der Waals surface area contributed by atoms with E-state index in [0.717, 1.165) is 25.0 Å². The summed E-state index contributed by atoms with van der Waals surface area (Å²) in [5.74, 6) is 1.01. The second-order valence-electron chi connectivity index (χ2n) is 4.63. The number of rotatable bonds is 5. The Bertz CT molecular complexity index is 531. The van der Waals surface area contributed by atoms with Gasteiger partial charge in [-0.3, -0.25) is 0 Å². The Morgan fingerprint density at radius 1 is 1.39 bits per heavy atom. The highest BCUT2D eigenvalue weighted by Crippen LogP contribution is 2.20. The zero-order valence-corrected chi connectivity index (χ0v) is 11.1. The van der Waals surface area contributed by atoms with Crippen LogP contribution in [0.1, 0.15) is 39.7 Å². The van der Waals surface area contributed by atoms with Crippen LogP contribution in [0.2, 0.25) is 0 Å². The number of nitrogens with zero attached hydrogens (tertiary/aromatic N) is 4. The summed E-state index contributed by atoms with van der Waals surface area (Å²) < 4.78 is 2.00. The van der Waals surface area contributed by atoms with E-state index in [9.17, 15) is 0 Å². The first kappa shape index (κ1) is 12.6. The van der Waals surface area contributed by atoms with Crippen LogP contribution in [0, 0.1) is 0 Å². The number of hydrogen-bond acceptors (Lipinski definition) is 5. The van der Waals surface area contributed by atoms with Crippen molar-refractivity contribution in [2.45, 2.75) is 39.7 Å². The summed E-state index contributed by atoms with van der Waals surface area (Å²) in [6, 6.07) is 0.299. The highest BCUT2D eigenvalue weighted by Gasteiger charge is 2.12. The molecule has 2 aromatic heterocycles. The van der Waals surface area contributed by atoms with Crippen LogP contribution in [0.15, 0.2) is 6.33 Å². The molecular formula is C12H20N6. The number of unbranched alkanes of at least 4 members (excludes halogenated alkanes) is 1. The highest BCUT2D eigenvalue weighted by molar-refractivity contribution is 5.82. The molecule has 0 fully saturated rings. The molecular weight excluding hydrogens is 228 g/mol.